The largest absolute Gasteiger partial charge is 0.399 e. The molecule has 2 aromatic rings. The fraction of sp³-hybridized carbons (Fsp3) is 0.176. The van der Waals surface area contributed by atoms with Crippen molar-refractivity contribution in [2.75, 3.05) is 5.73 Å². The van der Waals surface area contributed by atoms with E-state index >= 15 is 0 Å². The van der Waals surface area contributed by atoms with Gasteiger partial charge in [-0.2, -0.15) is 0 Å². The van der Waals surface area contributed by atoms with Gasteiger partial charge >= 0.3 is 0 Å². The Bertz CT molecular complexity index is 682. The molecule has 0 fully saturated rings. The summed E-state index contributed by atoms with van der Waals surface area (Å²) in [6.07, 6.45) is 1.42. The van der Waals surface area contributed by atoms with E-state index in [-0.39, 0.29) is 6.17 Å². The minimum Gasteiger partial charge on any atom is -0.399 e. The summed E-state index contributed by atoms with van der Waals surface area (Å²) in [4.78, 5) is 0. The van der Waals surface area contributed by atoms with E-state index in [0.29, 0.717) is 17.3 Å². The highest BCUT2D eigenvalue weighted by Crippen LogP contribution is 2.22. The first-order valence-corrected chi connectivity index (χ1v) is 7.41. The third kappa shape index (κ3) is 4.24. The highest BCUT2D eigenvalue weighted by Gasteiger charge is 2.06. The molecule has 22 heavy (non-hydrogen) atoms. The molecule has 0 saturated heterocycles. The zero-order chi connectivity index (χ0) is 16.1. The van der Waals surface area contributed by atoms with Crippen LogP contribution < -0.4 is 22.5 Å². The van der Waals surface area contributed by atoms with E-state index < -0.39 is 0 Å². The SMILES string of the molecule is Cc1c(Cl)cccc1/C(N)=C/C(N)NCc1cccc(N)c1. The lowest BCUT2D eigenvalue weighted by Gasteiger charge is -2.13. The van der Waals surface area contributed by atoms with Crippen molar-refractivity contribution in [1.82, 2.24) is 5.32 Å². The number of nitrogens with one attached hydrogen (secondary N) is 1. The monoisotopic (exact) mass is 316 g/mol. The first-order chi connectivity index (χ1) is 10.5. The lowest BCUT2D eigenvalue weighted by Crippen LogP contribution is -2.35. The van der Waals surface area contributed by atoms with E-state index in [4.69, 9.17) is 28.8 Å². The van der Waals surface area contributed by atoms with Gasteiger partial charge in [-0.3, -0.25) is 5.32 Å². The fourth-order valence-electron chi connectivity index (χ4n) is 2.20. The van der Waals surface area contributed by atoms with E-state index in [9.17, 15) is 0 Å². The molecule has 7 N–H and O–H groups in total. The van der Waals surface area contributed by atoms with Gasteiger partial charge in [0, 0.05) is 28.5 Å². The molecule has 0 saturated carbocycles. The molecule has 0 aromatic heterocycles. The topological polar surface area (TPSA) is 90.1 Å². The fourth-order valence-corrected chi connectivity index (χ4v) is 2.38. The molecule has 0 aliphatic heterocycles. The molecule has 0 amide bonds. The molecule has 1 unspecified atom stereocenters. The van der Waals surface area contributed by atoms with Gasteiger partial charge in [0.2, 0.25) is 0 Å². The van der Waals surface area contributed by atoms with E-state index in [1.807, 2.05) is 49.4 Å². The van der Waals surface area contributed by atoms with Crippen LogP contribution in [0.15, 0.2) is 48.5 Å². The van der Waals surface area contributed by atoms with Crippen molar-refractivity contribution in [3.05, 3.63) is 70.3 Å². The highest BCUT2D eigenvalue weighted by atomic mass is 35.5. The van der Waals surface area contributed by atoms with E-state index in [1.165, 1.54) is 0 Å². The van der Waals surface area contributed by atoms with Gasteiger partial charge in [-0.05, 0) is 42.3 Å². The Morgan fingerprint density at radius 1 is 1.27 bits per heavy atom. The Morgan fingerprint density at radius 3 is 2.73 bits per heavy atom. The summed E-state index contributed by atoms with van der Waals surface area (Å²) in [5.41, 5.74) is 22.2. The average molecular weight is 317 g/mol. The van der Waals surface area contributed by atoms with Gasteiger partial charge in [0.05, 0.1) is 6.17 Å². The maximum Gasteiger partial charge on any atom is 0.0764 e. The van der Waals surface area contributed by atoms with Crippen LogP contribution in [0.1, 0.15) is 16.7 Å². The van der Waals surface area contributed by atoms with Gasteiger partial charge < -0.3 is 17.2 Å². The molecule has 0 radical (unpaired) electrons. The normalized spacial score (nSPS) is 13.1. The summed E-state index contributed by atoms with van der Waals surface area (Å²) in [6.45, 7) is 2.55. The van der Waals surface area contributed by atoms with Crippen LogP contribution in [0.3, 0.4) is 0 Å². The lowest BCUT2D eigenvalue weighted by atomic mass is 10.1. The second-order valence-electron chi connectivity index (χ2n) is 5.19. The average Bonchev–Trinajstić information content (AvgIpc) is 2.48. The zero-order valence-corrected chi connectivity index (χ0v) is 13.3. The van der Waals surface area contributed by atoms with Gasteiger partial charge in [-0.25, -0.2) is 0 Å². The Labute approximate surface area is 135 Å². The molecule has 0 aliphatic rings. The number of nitrogens with two attached hydrogens (primary N) is 3. The molecule has 0 heterocycles. The van der Waals surface area contributed by atoms with Crippen molar-refractivity contribution in [2.45, 2.75) is 19.6 Å². The molecule has 2 rings (SSSR count). The maximum absolute atomic E-state index is 6.12. The van der Waals surface area contributed by atoms with Gasteiger partial charge in [-0.15, -0.1) is 0 Å². The van der Waals surface area contributed by atoms with E-state index in [2.05, 4.69) is 5.32 Å². The molecule has 0 spiro atoms. The minimum atomic E-state index is -0.361. The van der Waals surface area contributed by atoms with Gasteiger partial charge in [0.15, 0.2) is 0 Å². The summed E-state index contributed by atoms with van der Waals surface area (Å²) in [7, 11) is 0. The number of benzene rings is 2. The Morgan fingerprint density at radius 2 is 2.00 bits per heavy atom. The van der Waals surface area contributed by atoms with Gasteiger partial charge in [0.1, 0.15) is 0 Å². The maximum atomic E-state index is 6.12. The van der Waals surface area contributed by atoms with Gasteiger partial charge in [0.25, 0.3) is 0 Å². The van der Waals surface area contributed by atoms with Crippen LogP contribution in [0.4, 0.5) is 5.69 Å². The van der Waals surface area contributed by atoms with Crippen molar-refractivity contribution in [2.24, 2.45) is 11.5 Å². The first-order valence-electron chi connectivity index (χ1n) is 7.03. The predicted molar refractivity (Wildman–Crippen MR) is 94.0 cm³/mol. The summed E-state index contributed by atoms with van der Waals surface area (Å²) >= 11 is 6.11. The standard InChI is InChI=1S/C17H21ClN4/c1-11-14(6-3-7-15(11)18)16(20)9-17(21)22-10-12-4-2-5-13(19)8-12/h2-9,17,22H,10,19-21H2,1H3/b16-9-. The summed E-state index contributed by atoms with van der Waals surface area (Å²) in [5, 5.41) is 3.88. The quantitative estimate of drug-likeness (QED) is 0.504. The number of nitrogen functional groups attached to an aromatic ring is 1. The number of rotatable bonds is 5. The Hall–Kier alpha value is -2.01. The molecule has 5 heteroatoms. The first kappa shape index (κ1) is 16.4. The lowest BCUT2D eigenvalue weighted by molar-refractivity contribution is 0.612. The van der Waals surface area contributed by atoms with Crippen molar-refractivity contribution >= 4 is 23.0 Å². The molecule has 0 bridgehead atoms. The predicted octanol–water partition coefficient (Wildman–Crippen LogP) is 2.60. The second-order valence-corrected chi connectivity index (χ2v) is 5.59. The van der Waals surface area contributed by atoms with E-state index in [1.54, 1.807) is 6.08 Å². The van der Waals surface area contributed by atoms with Crippen LogP contribution in [0, 0.1) is 6.92 Å². The Kier molecular flexibility index (Phi) is 5.44. The van der Waals surface area contributed by atoms with Gasteiger partial charge in [-0.1, -0.05) is 35.9 Å². The number of hydrogen-bond acceptors (Lipinski definition) is 4. The smallest absolute Gasteiger partial charge is 0.0764 e. The minimum absolute atomic E-state index is 0.361. The molecule has 2 aromatic carbocycles. The van der Waals surface area contributed by atoms with E-state index in [0.717, 1.165) is 22.4 Å². The summed E-state index contributed by atoms with van der Waals surface area (Å²) in [5.74, 6) is 0. The van der Waals surface area contributed by atoms with Crippen LogP contribution in [-0.2, 0) is 6.54 Å². The zero-order valence-electron chi connectivity index (χ0n) is 12.5. The number of halogens is 1. The third-order valence-corrected chi connectivity index (χ3v) is 3.84. The molecule has 0 aliphatic carbocycles. The van der Waals surface area contributed by atoms with Crippen molar-refractivity contribution in [3.8, 4) is 0 Å². The number of hydrogen-bond donors (Lipinski definition) is 4. The molecule has 1 atom stereocenters. The summed E-state index contributed by atoms with van der Waals surface area (Å²) < 4.78 is 0. The highest BCUT2D eigenvalue weighted by molar-refractivity contribution is 6.31. The molecular formula is C17H21ClN4. The van der Waals surface area contributed by atoms with Crippen LogP contribution in [-0.4, -0.2) is 6.17 Å². The second kappa shape index (κ2) is 7.31. The molecule has 4 nitrogen and oxygen atoms in total. The van der Waals surface area contributed by atoms with Crippen LogP contribution in [0.25, 0.3) is 5.70 Å². The number of anilines is 1. The van der Waals surface area contributed by atoms with Crippen LogP contribution in [0.5, 0.6) is 0 Å². The van der Waals surface area contributed by atoms with Crippen molar-refractivity contribution in [3.63, 3.8) is 0 Å². The third-order valence-electron chi connectivity index (χ3n) is 3.43. The Balaban J connectivity index is 2.03. The van der Waals surface area contributed by atoms with Crippen LogP contribution >= 0.6 is 11.6 Å². The van der Waals surface area contributed by atoms with Crippen molar-refractivity contribution < 1.29 is 0 Å². The van der Waals surface area contributed by atoms with Crippen molar-refractivity contribution in [1.29, 1.82) is 0 Å². The molecular weight excluding hydrogens is 296 g/mol. The molecule has 116 valence electrons. The summed E-state index contributed by atoms with van der Waals surface area (Å²) in [6, 6.07) is 13.3. The van der Waals surface area contributed by atoms with Crippen LogP contribution in [0.2, 0.25) is 5.02 Å².